The molecule has 98 valence electrons. The number of hydrogen-bond acceptors (Lipinski definition) is 6. The van der Waals surface area contributed by atoms with Crippen molar-refractivity contribution in [3.05, 3.63) is 0 Å². The molecule has 2 aliphatic carbocycles. The third kappa shape index (κ3) is 2.32. The van der Waals surface area contributed by atoms with E-state index in [9.17, 15) is 0 Å². The number of nitrogens with two attached hydrogens (primary N) is 1. The molecule has 3 N–H and O–H groups in total. The first-order chi connectivity index (χ1) is 8.72. The van der Waals surface area contributed by atoms with E-state index < -0.39 is 0 Å². The predicted molar refractivity (Wildman–Crippen MR) is 68.3 cm³/mol. The lowest BCUT2D eigenvalue weighted by Gasteiger charge is -2.15. The van der Waals surface area contributed by atoms with Gasteiger partial charge in [0.25, 0.3) is 0 Å². The fraction of sp³-hybridized carbons (Fsp3) is 0.750. The Labute approximate surface area is 106 Å². The number of nitrogens with zero attached hydrogens (tertiary/aromatic N) is 3. The Hall–Kier alpha value is -1.59. The Morgan fingerprint density at radius 3 is 2.72 bits per heavy atom. The maximum absolute atomic E-state index is 5.63. The van der Waals surface area contributed by atoms with Crippen molar-refractivity contribution in [3.8, 4) is 6.01 Å². The van der Waals surface area contributed by atoms with E-state index in [1.165, 1.54) is 25.7 Å². The lowest BCUT2D eigenvalue weighted by Crippen LogP contribution is -2.19. The van der Waals surface area contributed by atoms with Crippen molar-refractivity contribution < 1.29 is 4.74 Å². The summed E-state index contributed by atoms with van der Waals surface area (Å²) in [5.74, 6) is 1.64. The summed E-state index contributed by atoms with van der Waals surface area (Å²) in [5.41, 5.74) is 6.14. The molecule has 2 aliphatic rings. The molecule has 1 heterocycles. The van der Waals surface area contributed by atoms with Gasteiger partial charge in [0, 0.05) is 6.54 Å². The van der Waals surface area contributed by atoms with Gasteiger partial charge in [-0.15, -0.1) is 0 Å². The van der Waals surface area contributed by atoms with E-state index in [0.717, 1.165) is 12.5 Å². The van der Waals surface area contributed by atoms with Gasteiger partial charge in [-0.3, -0.25) is 0 Å². The molecule has 0 atom stereocenters. The van der Waals surface area contributed by atoms with Crippen molar-refractivity contribution >= 4 is 11.9 Å². The van der Waals surface area contributed by atoms with Gasteiger partial charge in [-0.2, -0.15) is 15.0 Å². The summed E-state index contributed by atoms with van der Waals surface area (Å²) in [7, 11) is 0. The summed E-state index contributed by atoms with van der Waals surface area (Å²) in [6.07, 6.45) is 5.41. The van der Waals surface area contributed by atoms with E-state index in [2.05, 4.69) is 20.3 Å². The Kier molecular flexibility index (Phi) is 2.72. The molecule has 0 aromatic carbocycles. The molecule has 3 rings (SSSR count). The Morgan fingerprint density at radius 2 is 2.11 bits per heavy atom. The first kappa shape index (κ1) is 11.5. The van der Waals surface area contributed by atoms with Gasteiger partial charge in [0.15, 0.2) is 0 Å². The smallest absolute Gasteiger partial charge is 0.323 e. The van der Waals surface area contributed by atoms with Crippen molar-refractivity contribution in [2.24, 2.45) is 11.3 Å². The highest BCUT2D eigenvalue weighted by molar-refractivity contribution is 5.33. The summed E-state index contributed by atoms with van der Waals surface area (Å²) in [6.45, 7) is 3.35. The molecule has 1 aromatic rings. The van der Waals surface area contributed by atoms with Crippen molar-refractivity contribution in [1.82, 2.24) is 15.0 Å². The second-order valence-electron chi connectivity index (χ2n) is 5.22. The van der Waals surface area contributed by atoms with E-state index in [-0.39, 0.29) is 5.95 Å². The molecule has 0 radical (unpaired) electrons. The van der Waals surface area contributed by atoms with Crippen LogP contribution in [-0.2, 0) is 0 Å². The maximum atomic E-state index is 5.63. The van der Waals surface area contributed by atoms with E-state index in [0.29, 0.717) is 24.0 Å². The van der Waals surface area contributed by atoms with Crippen LogP contribution in [0.1, 0.15) is 32.6 Å². The number of rotatable bonds is 6. The molecule has 0 spiro atoms. The number of anilines is 2. The molecular weight excluding hydrogens is 230 g/mol. The van der Waals surface area contributed by atoms with Crippen LogP contribution in [0.5, 0.6) is 6.01 Å². The molecule has 0 aliphatic heterocycles. The Morgan fingerprint density at radius 1 is 1.33 bits per heavy atom. The van der Waals surface area contributed by atoms with Gasteiger partial charge < -0.3 is 15.8 Å². The summed E-state index contributed by atoms with van der Waals surface area (Å²) in [5, 5.41) is 3.29. The molecule has 0 bridgehead atoms. The molecule has 0 saturated heterocycles. The minimum atomic E-state index is 0.201. The van der Waals surface area contributed by atoms with Gasteiger partial charge in [-0.1, -0.05) is 0 Å². The zero-order valence-corrected chi connectivity index (χ0v) is 10.6. The molecule has 6 heteroatoms. The monoisotopic (exact) mass is 249 g/mol. The van der Waals surface area contributed by atoms with E-state index in [1.54, 1.807) is 0 Å². The van der Waals surface area contributed by atoms with Crippen LogP contribution in [0.25, 0.3) is 0 Å². The fourth-order valence-corrected chi connectivity index (χ4v) is 2.49. The first-order valence-electron chi connectivity index (χ1n) is 6.60. The van der Waals surface area contributed by atoms with Crippen LogP contribution in [0.3, 0.4) is 0 Å². The van der Waals surface area contributed by atoms with Crippen molar-refractivity contribution in [2.75, 3.05) is 24.2 Å². The largest absolute Gasteiger partial charge is 0.464 e. The van der Waals surface area contributed by atoms with E-state index in [4.69, 9.17) is 10.5 Å². The number of nitrogen functional groups attached to an aromatic ring is 1. The minimum absolute atomic E-state index is 0.201. The van der Waals surface area contributed by atoms with Gasteiger partial charge in [-0.05, 0) is 43.9 Å². The minimum Gasteiger partial charge on any atom is -0.464 e. The molecular formula is C12H19N5O. The van der Waals surface area contributed by atoms with Crippen LogP contribution in [-0.4, -0.2) is 28.1 Å². The first-order valence-corrected chi connectivity index (χ1v) is 6.60. The summed E-state index contributed by atoms with van der Waals surface area (Å²) in [4.78, 5) is 12.2. The molecule has 18 heavy (non-hydrogen) atoms. The number of nitrogens with one attached hydrogen (secondary N) is 1. The maximum Gasteiger partial charge on any atom is 0.323 e. The second kappa shape index (κ2) is 4.26. The van der Waals surface area contributed by atoms with Crippen LogP contribution in [0.4, 0.5) is 11.9 Å². The highest BCUT2D eigenvalue weighted by Crippen LogP contribution is 2.61. The topological polar surface area (TPSA) is 86.0 Å². The zero-order chi connectivity index (χ0) is 12.6. The van der Waals surface area contributed by atoms with Gasteiger partial charge in [0.05, 0.1) is 6.61 Å². The Bertz CT molecular complexity index is 442. The number of ether oxygens (including phenoxy) is 1. The predicted octanol–water partition coefficient (Wildman–Crippen LogP) is 1.45. The summed E-state index contributed by atoms with van der Waals surface area (Å²) >= 11 is 0. The standard InChI is InChI=1S/C12H19N5O/c1-2-18-11-16-9(13)15-10(17-11)14-7-12(5-6-12)8-3-4-8/h8H,2-7H2,1H3,(H3,13,14,15,16,17). The molecule has 2 fully saturated rings. The normalized spacial score (nSPS) is 20.5. The molecule has 0 amide bonds. The van der Waals surface area contributed by atoms with E-state index in [1.807, 2.05) is 6.92 Å². The van der Waals surface area contributed by atoms with Gasteiger partial charge >= 0.3 is 6.01 Å². The molecule has 0 unspecified atom stereocenters. The zero-order valence-electron chi connectivity index (χ0n) is 10.6. The summed E-state index contributed by atoms with van der Waals surface area (Å²) < 4.78 is 5.25. The Balaban J connectivity index is 1.64. The lowest BCUT2D eigenvalue weighted by molar-refractivity contribution is 0.312. The van der Waals surface area contributed by atoms with Gasteiger partial charge in [0.1, 0.15) is 0 Å². The van der Waals surface area contributed by atoms with Gasteiger partial charge in [0.2, 0.25) is 11.9 Å². The van der Waals surface area contributed by atoms with Crippen molar-refractivity contribution in [1.29, 1.82) is 0 Å². The third-order valence-electron chi connectivity index (χ3n) is 3.84. The fourth-order valence-electron chi connectivity index (χ4n) is 2.49. The van der Waals surface area contributed by atoms with Crippen molar-refractivity contribution in [2.45, 2.75) is 32.6 Å². The molecule has 2 saturated carbocycles. The second-order valence-corrected chi connectivity index (χ2v) is 5.22. The SMILES string of the molecule is CCOc1nc(N)nc(NCC2(C3CC3)CC2)n1. The van der Waals surface area contributed by atoms with Crippen LogP contribution in [0, 0.1) is 11.3 Å². The van der Waals surface area contributed by atoms with Crippen molar-refractivity contribution in [3.63, 3.8) is 0 Å². The molecule has 1 aromatic heterocycles. The molecule has 6 nitrogen and oxygen atoms in total. The average Bonchev–Trinajstić information content (AvgIpc) is 3.19. The average molecular weight is 249 g/mol. The van der Waals surface area contributed by atoms with Crippen LogP contribution >= 0.6 is 0 Å². The lowest BCUT2D eigenvalue weighted by atomic mass is 10.0. The van der Waals surface area contributed by atoms with Gasteiger partial charge in [-0.25, -0.2) is 0 Å². The quantitative estimate of drug-likeness (QED) is 0.793. The summed E-state index contributed by atoms with van der Waals surface area (Å²) in [6, 6.07) is 0.295. The van der Waals surface area contributed by atoms with Crippen LogP contribution in [0.2, 0.25) is 0 Å². The number of hydrogen-bond donors (Lipinski definition) is 2. The van der Waals surface area contributed by atoms with Crippen LogP contribution < -0.4 is 15.8 Å². The van der Waals surface area contributed by atoms with Crippen LogP contribution in [0.15, 0.2) is 0 Å². The van der Waals surface area contributed by atoms with E-state index >= 15 is 0 Å². The number of aromatic nitrogens is 3. The highest BCUT2D eigenvalue weighted by atomic mass is 16.5. The third-order valence-corrected chi connectivity index (χ3v) is 3.84. The highest BCUT2D eigenvalue weighted by Gasteiger charge is 2.53.